The van der Waals surface area contributed by atoms with Crippen LogP contribution in [-0.4, -0.2) is 4.98 Å². The summed E-state index contributed by atoms with van der Waals surface area (Å²) < 4.78 is 5.76. The lowest BCUT2D eigenvalue weighted by molar-refractivity contribution is 0.368. The summed E-state index contributed by atoms with van der Waals surface area (Å²) in [5.41, 5.74) is 1.26. The van der Waals surface area contributed by atoms with Crippen molar-refractivity contribution < 1.29 is 4.42 Å². The first-order valence-corrected chi connectivity index (χ1v) is 5.06. The zero-order chi connectivity index (χ0) is 9.47. The molecule has 0 N–H and O–H groups in total. The van der Waals surface area contributed by atoms with Crippen LogP contribution in [0.3, 0.4) is 0 Å². The van der Waals surface area contributed by atoms with Crippen LogP contribution in [0.25, 0.3) is 0 Å². The highest BCUT2D eigenvalue weighted by atomic mass is 16.4. The molecule has 0 unspecified atom stereocenters. The fourth-order valence-electron chi connectivity index (χ4n) is 1.67. The minimum Gasteiger partial charge on any atom is -0.445 e. The van der Waals surface area contributed by atoms with E-state index in [4.69, 9.17) is 4.42 Å². The minimum atomic E-state index is 0.0529. The zero-order valence-electron chi connectivity index (χ0n) is 8.68. The third kappa shape index (κ3) is 1.62. The normalized spacial score (nSPS) is 17.2. The van der Waals surface area contributed by atoms with Gasteiger partial charge in [-0.15, -0.1) is 0 Å². The molecule has 1 aliphatic rings. The van der Waals surface area contributed by atoms with E-state index in [1.807, 2.05) is 0 Å². The van der Waals surface area contributed by atoms with Crippen molar-refractivity contribution in [3.05, 3.63) is 17.3 Å². The Morgan fingerprint density at radius 3 is 2.46 bits per heavy atom. The molecule has 0 saturated heterocycles. The Bertz CT molecular complexity index is 283. The van der Waals surface area contributed by atoms with Crippen LogP contribution in [0.5, 0.6) is 0 Å². The first kappa shape index (κ1) is 8.79. The van der Waals surface area contributed by atoms with Crippen molar-refractivity contribution in [1.82, 2.24) is 4.98 Å². The van der Waals surface area contributed by atoms with Crippen LogP contribution in [-0.2, 0) is 18.3 Å². The molecule has 2 rings (SSSR count). The molecule has 1 aliphatic carbocycles. The predicted molar refractivity (Wildman–Crippen MR) is 51.8 cm³/mol. The lowest BCUT2D eigenvalue weighted by atomic mass is 9.97. The maximum Gasteiger partial charge on any atom is 0.200 e. The second kappa shape index (κ2) is 2.86. The Labute approximate surface area is 79.4 Å². The van der Waals surface area contributed by atoms with Crippen molar-refractivity contribution in [1.29, 1.82) is 0 Å². The van der Waals surface area contributed by atoms with Crippen molar-refractivity contribution in [2.24, 2.45) is 0 Å². The molecule has 1 aromatic rings. The summed E-state index contributed by atoms with van der Waals surface area (Å²) in [6, 6.07) is 0. The number of hydrogen-bond donors (Lipinski definition) is 0. The third-order valence-corrected chi connectivity index (χ3v) is 2.49. The van der Waals surface area contributed by atoms with Crippen molar-refractivity contribution in [3.63, 3.8) is 0 Å². The SMILES string of the molecule is CC(C)(C)c1nc2c(o1)CCCC2. The first-order chi connectivity index (χ1) is 6.07. The lowest BCUT2D eigenvalue weighted by Gasteiger charge is -2.11. The predicted octanol–water partition coefficient (Wildman–Crippen LogP) is 2.85. The van der Waals surface area contributed by atoms with Gasteiger partial charge in [-0.3, -0.25) is 0 Å². The minimum absolute atomic E-state index is 0.0529. The summed E-state index contributed by atoms with van der Waals surface area (Å²) in [7, 11) is 0. The fourth-order valence-corrected chi connectivity index (χ4v) is 1.67. The van der Waals surface area contributed by atoms with Crippen molar-refractivity contribution >= 4 is 0 Å². The third-order valence-electron chi connectivity index (χ3n) is 2.49. The maximum absolute atomic E-state index is 5.76. The average molecular weight is 179 g/mol. The van der Waals surface area contributed by atoms with Gasteiger partial charge in [-0.1, -0.05) is 20.8 Å². The van der Waals surface area contributed by atoms with Crippen molar-refractivity contribution in [3.8, 4) is 0 Å². The molecule has 2 nitrogen and oxygen atoms in total. The molecule has 0 amide bonds. The Hall–Kier alpha value is -0.790. The van der Waals surface area contributed by atoms with E-state index < -0.39 is 0 Å². The number of rotatable bonds is 0. The standard InChI is InChI=1S/C11H17NO/c1-11(2,3)10-12-8-6-4-5-7-9(8)13-10/h4-7H2,1-3H3. The second-order valence-electron chi connectivity index (χ2n) is 4.85. The number of nitrogens with zero attached hydrogens (tertiary/aromatic N) is 1. The number of aryl methyl sites for hydroxylation is 2. The monoisotopic (exact) mass is 179 g/mol. The Morgan fingerprint density at radius 2 is 1.85 bits per heavy atom. The number of fused-ring (bicyclic) bond motifs is 1. The van der Waals surface area contributed by atoms with Gasteiger partial charge in [0.25, 0.3) is 0 Å². The number of oxazole rings is 1. The Morgan fingerprint density at radius 1 is 1.15 bits per heavy atom. The van der Waals surface area contributed by atoms with E-state index in [1.165, 1.54) is 18.5 Å². The van der Waals surface area contributed by atoms with Gasteiger partial charge in [0.15, 0.2) is 5.89 Å². The van der Waals surface area contributed by atoms with Crippen LogP contribution < -0.4 is 0 Å². The molecule has 2 heteroatoms. The maximum atomic E-state index is 5.76. The zero-order valence-corrected chi connectivity index (χ0v) is 8.68. The highest BCUT2D eigenvalue weighted by Crippen LogP contribution is 2.28. The topological polar surface area (TPSA) is 26.0 Å². The summed E-state index contributed by atoms with van der Waals surface area (Å²) in [5.74, 6) is 2.04. The van der Waals surface area contributed by atoms with Gasteiger partial charge in [0.2, 0.25) is 0 Å². The largest absolute Gasteiger partial charge is 0.445 e. The molecule has 0 spiro atoms. The van der Waals surface area contributed by atoms with Crippen LogP contribution in [0.2, 0.25) is 0 Å². The van der Waals surface area contributed by atoms with Gasteiger partial charge in [0, 0.05) is 11.8 Å². The molecular formula is C11H17NO. The smallest absolute Gasteiger partial charge is 0.200 e. The van der Waals surface area contributed by atoms with Crippen molar-refractivity contribution in [2.45, 2.75) is 51.9 Å². The van der Waals surface area contributed by atoms with Gasteiger partial charge in [-0.2, -0.15) is 0 Å². The van der Waals surface area contributed by atoms with Gasteiger partial charge in [-0.25, -0.2) is 4.98 Å². The van der Waals surface area contributed by atoms with E-state index in [-0.39, 0.29) is 5.41 Å². The van der Waals surface area contributed by atoms with Crippen molar-refractivity contribution in [2.75, 3.05) is 0 Å². The molecule has 13 heavy (non-hydrogen) atoms. The summed E-state index contributed by atoms with van der Waals surface area (Å²) in [4.78, 5) is 4.56. The van der Waals surface area contributed by atoms with Crippen LogP contribution in [0, 0.1) is 0 Å². The average Bonchev–Trinajstić information content (AvgIpc) is 2.45. The molecule has 0 aliphatic heterocycles. The molecule has 0 saturated carbocycles. The van der Waals surface area contributed by atoms with E-state index >= 15 is 0 Å². The number of aromatic nitrogens is 1. The van der Waals surface area contributed by atoms with Gasteiger partial charge in [-0.05, 0) is 19.3 Å². The fraction of sp³-hybridized carbons (Fsp3) is 0.727. The van der Waals surface area contributed by atoms with Gasteiger partial charge >= 0.3 is 0 Å². The molecule has 0 bridgehead atoms. The molecule has 0 fully saturated rings. The van der Waals surface area contributed by atoms with Crippen LogP contribution >= 0.6 is 0 Å². The summed E-state index contributed by atoms with van der Waals surface area (Å²) in [6.07, 6.45) is 4.71. The van der Waals surface area contributed by atoms with E-state index in [0.717, 1.165) is 24.5 Å². The highest BCUT2D eigenvalue weighted by Gasteiger charge is 2.24. The molecule has 0 radical (unpaired) electrons. The summed E-state index contributed by atoms with van der Waals surface area (Å²) in [6.45, 7) is 6.43. The lowest BCUT2D eigenvalue weighted by Crippen LogP contribution is -2.11. The molecule has 1 aromatic heterocycles. The first-order valence-electron chi connectivity index (χ1n) is 5.06. The Balaban J connectivity index is 2.36. The Kier molecular flexibility index (Phi) is 1.94. The molecule has 0 aromatic carbocycles. The number of hydrogen-bond acceptors (Lipinski definition) is 2. The second-order valence-corrected chi connectivity index (χ2v) is 4.85. The summed E-state index contributed by atoms with van der Waals surface area (Å²) >= 11 is 0. The van der Waals surface area contributed by atoms with Gasteiger partial charge in [0.1, 0.15) is 5.76 Å². The van der Waals surface area contributed by atoms with E-state index in [1.54, 1.807) is 0 Å². The van der Waals surface area contributed by atoms with Crippen LogP contribution in [0.4, 0.5) is 0 Å². The van der Waals surface area contributed by atoms with Crippen LogP contribution in [0.15, 0.2) is 4.42 Å². The molecule has 0 atom stereocenters. The summed E-state index contributed by atoms with van der Waals surface area (Å²) in [5, 5.41) is 0. The quantitative estimate of drug-likeness (QED) is 0.612. The van der Waals surface area contributed by atoms with Gasteiger partial charge in [0.05, 0.1) is 5.69 Å². The molecule has 72 valence electrons. The highest BCUT2D eigenvalue weighted by molar-refractivity contribution is 5.15. The van der Waals surface area contributed by atoms with E-state index in [9.17, 15) is 0 Å². The van der Waals surface area contributed by atoms with Crippen LogP contribution in [0.1, 0.15) is 51.0 Å². The molecular weight excluding hydrogens is 162 g/mol. The van der Waals surface area contributed by atoms with Gasteiger partial charge < -0.3 is 4.42 Å². The molecule has 1 heterocycles. The van der Waals surface area contributed by atoms with E-state index in [0.29, 0.717) is 0 Å². The van der Waals surface area contributed by atoms with E-state index in [2.05, 4.69) is 25.8 Å².